The van der Waals surface area contributed by atoms with Crippen molar-refractivity contribution in [2.24, 2.45) is 0 Å². The van der Waals surface area contributed by atoms with Crippen LogP contribution < -0.4 is 4.74 Å². The molecule has 0 atom stereocenters. The van der Waals surface area contributed by atoms with Crippen LogP contribution in [0.1, 0.15) is 62.0 Å². The summed E-state index contributed by atoms with van der Waals surface area (Å²) in [6.45, 7) is 0. The molecule has 2 heteroatoms. The summed E-state index contributed by atoms with van der Waals surface area (Å²) in [5.41, 5.74) is -11.3. The second-order valence-electron chi connectivity index (χ2n) is 11.0. The fourth-order valence-electron chi connectivity index (χ4n) is 6.78. The third-order valence-electron chi connectivity index (χ3n) is 8.68. The van der Waals surface area contributed by atoms with E-state index in [-0.39, 0.29) is 0 Å². The molecule has 0 saturated carbocycles. The van der Waals surface area contributed by atoms with E-state index in [4.69, 9.17) is 26.7 Å². The number of ether oxygens (including phenoxy) is 1. The van der Waals surface area contributed by atoms with Gasteiger partial charge in [-0.15, -0.1) is 0 Å². The van der Waals surface area contributed by atoms with E-state index in [1.165, 1.54) is 0 Å². The molecule has 2 aliphatic rings. The van der Waals surface area contributed by atoms with Gasteiger partial charge in [0.05, 0.1) is 56.2 Å². The molecule has 2 heterocycles. The van der Waals surface area contributed by atoms with Crippen LogP contribution in [-0.4, -0.2) is 4.57 Å². The van der Waals surface area contributed by atoms with Crippen LogP contribution in [-0.2, 0) is 5.41 Å². The van der Waals surface area contributed by atoms with Crippen molar-refractivity contribution in [1.82, 2.24) is 4.57 Å². The zero-order valence-electron chi connectivity index (χ0n) is 53.4. The van der Waals surface area contributed by atoms with Crippen molar-refractivity contribution in [3.8, 4) is 39.4 Å². The van der Waals surface area contributed by atoms with Gasteiger partial charge in [0.1, 0.15) is 11.5 Å². The Kier molecular flexibility index (Phi) is 2.22. The molecule has 2 nitrogen and oxygen atoms in total. The number of hydrogen-bond donors (Lipinski definition) is 0. The van der Waals surface area contributed by atoms with Gasteiger partial charge in [0.15, 0.2) is 0 Å². The Labute approximate surface area is 324 Å². The molecule has 0 saturated heterocycles. The van der Waals surface area contributed by atoms with Crippen LogP contribution in [0.5, 0.6) is 11.5 Å². The maximum Gasteiger partial charge on any atom is 0.132 e. The van der Waals surface area contributed by atoms with Gasteiger partial charge in [0, 0.05) is 33.0 Å². The predicted molar refractivity (Wildman–Crippen MR) is 201 cm³/mol. The van der Waals surface area contributed by atoms with Crippen LogP contribution in [0, 0.1) is 0 Å². The Hall–Kier alpha value is -6.38. The van der Waals surface area contributed by atoms with Crippen molar-refractivity contribution >= 4 is 32.6 Å². The highest BCUT2D eigenvalue weighted by molar-refractivity contribution is 6.19. The lowest BCUT2D eigenvalue weighted by atomic mass is 9.66. The smallest absolute Gasteiger partial charge is 0.132 e. The fourth-order valence-corrected chi connectivity index (χ4v) is 6.78. The lowest BCUT2D eigenvalue weighted by molar-refractivity contribution is 0.436. The van der Waals surface area contributed by atoms with E-state index in [1.54, 1.807) is 0 Å². The van der Waals surface area contributed by atoms with Crippen molar-refractivity contribution in [2.75, 3.05) is 0 Å². The minimum atomic E-state index is -2.97. The first-order valence-corrected chi connectivity index (χ1v) is 14.6. The molecule has 0 fully saturated rings. The van der Waals surface area contributed by atoms with Crippen LogP contribution in [0.4, 0.5) is 0 Å². The molecular weight excluding hydrogens is 595 g/mol. The number of nitrogens with zero attached hydrogens (tertiary/aromatic N) is 1. The molecule has 1 aliphatic carbocycles. The fraction of sp³-hybridized carbons (Fsp3) is 0.0213. The number of hydrogen-bond acceptors (Lipinski definition) is 1. The first kappa shape index (κ1) is 11.1. The Morgan fingerprint density at radius 3 is 1.90 bits per heavy atom. The Morgan fingerprint density at radius 2 is 1.08 bits per heavy atom. The topological polar surface area (TPSA) is 14.2 Å². The summed E-state index contributed by atoms with van der Waals surface area (Å²) in [5.74, 6) is -1.76. The highest BCUT2D eigenvalue weighted by atomic mass is 16.5. The standard InChI is InChI=1S/C47H29NO/c1-2-13-33(14-3-1)48-43-26-23-31(28-38(43)37-25-22-30-12-4-5-15-34(30)46(37)48)32-24-27-45-42(29-32)47(41-20-10-11-21-44(41)49-45)39-18-8-6-16-35(39)36-17-7-9-19-40(36)47/h1-29H/i1D,2D,3D,4D,5D,6D,7D,8D,9D,10D,11D,12D,13D,14D,15D,16D,17D,18D,19D,20D,21D,22D,23D,24D,25D,26D,27D,28D,29D. The van der Waals surface area contributed by atoms with Gasteiger partial charge < -0.3 is 9.30 Å². The Balaban J connectivity index is 1.42. The van der Waals surface area contributed by atoms with Gasteiger partial charge in [-0.25, -0.2) is 0 Å². The van der Waals surface area contributed by atoms with Gasteiger partial charge in [0.2, 0.25) is 0 Å². The minimum Gasteiger partial charge on any atom is -0.457 e. The lowest BCUT2D eigenvalue weighted by Crippen LogP contribution is -2.32. The first-order chi connectivity index (χ1) is 36.4. The molecule has 1 aromatic heterocycles. The maximum absolute atomic E-state index is 10.3. The van der Waals surface area contributed by atoms with E-state index in [2.05, 4.69) is 0 Å². The van der Waals surface area contributed by atoms with Crippen LogP contribution >= 0.6 is 0 Å². The zero-order valence-corrected chi connectivity index (χ0v) is 24.4. The molecule has 49 heavy (non-hydrogen) atoms. The minimum absolute atomic E-state index is 0.591. The van der Waals surface area contributed by atoms with Crippen molar-refractivity contribution in [1.29, 1.82) is 0 Å². The molecule has 8 aromatic carbocycles. The Bertz CT molecular complexity index is 4370. The van der Waals surface area contributed by atoms with E-state index >= 15 is 0 Å². The Morgan fingerprint density at radius 1 is 0.449 bits per heavy atom. The number of rotatable bonds is 2. The monoisotopic (exact) mass is 652 g/mol. The second kappa shape index (κ2) is 9.82. The van der Waals surface area contributed by atoms with Crippen molar-refractivity contribution in [3.05, 3.63) is 197 Å². The summed E-state index contributed by atoms with van der Waals surface area (Å²) in [5, 5.41) is -2.51. The third kappa shape index (κ3) is 3.50. The molecule has 0 radical (unpaired) electrons. The van der Waals surface area contributed by atoms with Crippen LogP contribution in [0.3, 0.4) is 0 Å². The zero-order chi connectivity index (χ0) is 57.3. The van der Waals surface area contributed by atoms with Crippen molar-refractivity contribution in [3.63, 3.8) is 0 Å². The summed E-state index contributed by atoms with van der Waals surface area (Å²) in [6, 6.07) is -28.1. The van der Waals surface area contributed by atoms with E-state index in [1.807, 2.05) is 0 Å². The van der Waals surface area contributed by atoms with Gasteiger partial charge in [0.25, 0.3) is 0 Å². The summed E-state index contributed by atoms with van der Waals surface area (Å²) >= 11 is 0. The van der Waals surface area contributed by atoms with E-state index in [0.29, 0.717) is 0 Å². The van der Waals surface area contributed by atoms with Gasteiger partial charge >= 0.3 is 0 Å². The summed E-state index contributed by atoms with van der Waals surface area (Å²) in [7, 11) is 0. The molecule has 9 aromatic rings. The average Bonchev–Trinajstić information content (AvgIpc) is 3.71. The number of fused-ring (bicyclic) bond motifs is 14. The summed E-state index contributed by atoms with van der Waals surface area (Å²) in [6.07, 6.45) is 0. The summed E-state index contributed by atoms with van der Waals surface area (Å²) < 4.78 is 272. The molecule has 0 unspecified atom stereocenters. The second-order valence-corrected chi connectivity index (χ2v) is 11.0. The molecule has 0 N–H and O–H groups in total. The number of benzene rings is 8. The van der Waals surface area contributed by atoms with Crippen LogP contribution in [0.2, 0.25) is 0 Å². The third-order valence-corrected chi connectivity index (χ3v) is 8.68. The highest BCUT2D eigenvalue weighted by Gasteiger charge is 2.51. The average molecular weight is 653 g/mol. The summed E-state index contributed by atoms with van der Waals surface area (Å²) in [4.78, 5) is 0. The van der Waals surface area contributed by atoms with E-state index in [9.17, 15) is 17.8 Å². The normalized spacial score (nSPS) is 21.9. The van der Waals surface area contributed by atoms with Crippen molar-refractivity contribution < 1.29 is 44.5 Å². The molecule has 11 rings (SSSR count). The quantitative estimate of drug-likeness (QED) is 0.181. The van der Waals surface area contributed by atoms with Crippen LogP contribution in [0.15, 0.2) is 175 Å². The lowest BCUT2D eigenvalue weighted by Gasteiger charge is -2.39. The molecule has 1 aliphatic heterocycles. The molecule has 0 bridgehead atoms. The molecular formula is C47H29NO. The van der Waals surface area contributed by atoms with E-state index in [0.717, 1.165) is 4.57 Å². The molecule has 1 spiro atoms. The van der Waals surface area contributed by atoms with E-state index < -0.39 is 275 Å². The SMILES string of the molecule is [2H]c1c([2H])c([2H])c(-n2c3c([2H])c([2H])c(-c4c([2H])c([2H])c5c(c4[2H])C4(c6c([2H])c([2H])c([2H])c([2H])c6O5)c5c([2H])c([2H])c([2H])c([2H])c5-c5c([2H])c([2H])c([2H])c([2H])c54)c([2H])c3c3c([2H])c([2H])c4c([2H])c([2H])c([2H])c([2H])c4c32)c([2H])c1[2H]. The highest BCUT2D eigenvalue weighted by Crippen LogP contribution is 2.62. The number of para-hydroxylation sites is 2. The predicted octanol–water partition coefficient (Wildman–Crippen LogP) is 12.1. The maximum atomic E-state index is 10.3. The van der Waals surface area contributed by atoms with Gasteiger partial charge in [-0.1, -0.05) is 133 Å². The first-order valence-electron chi connectivity index (χ1n) is 29.1. The van der Waals surface area contributed by atoms with Gasteiger partial charge in [-0.3, -0.25) is 0 Å². The van der Waals surface area contributed by atoms with Gasteiger partial charge in [-0.05, 0) is 81.1 Å². The molecule has 228 valence electrons. The molecule has 0 amide bonds. The largest absolute Gasteiger partial charge is 0.457 e. The van der Waals surface area contributed by atoms with Crippen LogP contribution in [0.25, 0.3) is 60.5 Å². The van der Waals surface area contributed by atoms with Gasteiger partial charge in [-0.2, -0.15) is 0 Å². The number of aromatic nitrogens is 1. The van der Waals surface area contributed by atoms with Crippen molar-refractivity contribution in [2.45, 2.75) is 5.41 Å².